The van der Waals surface area contributed by atoms with Gasteiger partial charge in [0.25, 0.3) is 5.91 Å². The van der Waals surface area contributed by atoms with Crippen molar-refractivity contribution in [2.24, 2.45) is 5.73 Å². The van der Waals surface area contributed by atoms with Gasteiger partial charge in [0.2, 0.25) is 0 Å². The molecule has 0 saturated carbocycles. The van der Waals surface area contributed by atoms with E-state index < -0.39 is 0 Å². The molecule has 5 nitrogen and oxygen atoms in total. The fourth-order valence-corrected chi connectivity index (χ4v) is 3.11. The van der Waals surface area contributed by atoms with Crippen molar-refractivity contribution >= 4 is 36.4 Å². The molecule has 1 aromatic rings. The summed E-state index contributed by atoms with van der Waals surface area (Å²) in [6, 6.07) is 10.5. The predicted octanol–water partition coefficient (Wildman–Crippen LogP) is 2.05. The number of carbonyl (C=O) groups excluding carboxylic acids is 1. The minimum absolute atomic E-state index is 0. The maximum Gasteiger partial charge on any atom is 0.251 e. The Morgan fingerprint density at radius 1 is 1.22 bits per heavy atom. The molecule has 0 aliphatic carbocycles. The second-order valence-corrected chi connectivity index (χ2v) is 5.84. The van der Waals surface area contributed by atoms with Crippen molar-refractivity contribution in [2.75, 3.05) is 25.0 Å². The number of hydrogen-bond acceptors (Lipinski definition) is 4. The van der Waals surface area contributed by atoms with Crippen LogP contribution in [-0.2, 0) is 9.53 Å². The molecule has 2 heterocycles. The number of para-hydroxylation sites is 1. The fraction of sp³-hybridized carbons (Fsp3) is 0.562. The van der Waals surface area contributed by atoms with Gasteiger partial charge < -0.3 is 20.7 Å². The van der Waals surface area contributed by atoms with Crippen molar-refractivity contribution in [3.63, 3.8) is 0 Å². The highest BCUT2D eigenvalue weighted by Crippen LogP contribution is 2.23. The molecule has 7 heteroatoms. The molecule has 0 spiro atoms. The second-order valence-electron chi connectivity index (χ2n) is 5.84. The van der Waals surface area contributed by atoms with Gasteiger partial charge in [-0.2, -0.15) is 0 Å². The summed E-state index contributed by atoms with van der Waals surface area (Å²) in [4.78, 5) is 14.4. The molecule has 0 bridgehead atoms. The summed E-state index contributed by atoms with van der Waals surface area (Å²) in [5.41, 5.74) is 6.71. The molecule has 23 heavy (non-hydrogen) atoms. The van der Waals surface area contributed by atoms with Crippen LogP contribution in [0, 0.1) is 0 Å². The Morgan fingerprint density at radius 3 is 2.61 bits per heavy atom. The third kappa shape index (κ3) is 4.98. The van der Waals surface area contributed by atoms with Crippen LogP contribution in [0.5, 0.6) is 0 Å². The van der Waals surface area contributed by atoms with Gasteiger partial charge in [-0.3, -0.25) is 4.79 Å². The number of anilines is 1. The molecule has 3 N–H and O–H groups in total. The lowest BCUT2D eigenvalue weighted by atomic mass is 10.2. The Kier molecular flexibility index (Phi) is 8.12. The molecule has 3 atom stereocenters. The lowest BCUT2D eigenvalue weighted by Gasteiger charge is -2.21. The first-order valence-electron chi connectivity index (χ1n) is 7.72. The van der Waals surface area contributed by atoms with Gasteiger partial charge in [-0.05, 0) is 31.4 Å². The van der Waals surface area contributed by atoms with Gasteiger partial charge >= 0.3 is 0 Å². The zero-order valence-electron chi connectivity index (χ0n) is 13.0. The molecule has 3 rings (SSSR count). The van der Waals surface area contributed by atoms with E-state index >= 15 is 0 Å². The van der Waals surface area contributed by atoms with Gasteiger partial charge in [0.1, 0.15) is 6.10 Å². The van der Waals surface area contributed by atoms with Crippen molar-refractivity contribution in [1.82, 2.24) is 4.90 Å². The topological polar surface area (TPSA) is 67.6 Å². The third-order valence-corrected chi connectivity index (χ3v) is 4.29. The van der Waals surface area contributed by atoms with Crippen LogP contribution >= 0.6 is 24.8 Å². The molecule has 0 aromatic heterocycles. The predicted molar refractivity (Wildman–Crippen MR) is 96.5 cm³/mol. The number of benzene rings is 1. The third-order valence-electron chi connectivity index (χ3n) is 4.29. The number of hydrogen-bond donors (Lipinski definition) is 2. The van der Waals surface area contributed by atoms with Crippen LogP contribution in [0.1, 0.15) is 19.3 Å². The Hall–Kier alpha value is -1.01. The van der Waals surface area contributed by atoms with E-state index in [9.17, 15) is 4.79 Å². The summed E-state index contributed by atoms with van der Waals surface area (Å²) in [6.45, 7) is 2.05. The average Bonchev–Trinajstić information content (AvgIpc) is 3.16. The zero-order chi connectivity index (χ0) is 14.7. The van der Waals surface area contributed by atoms with Crippen LogP contribution in [0.3, 0.4) is 0 Å². The van der Waals surface area contributed by atoms with E-state index in [4.69, 9.17) is 10.5 Å². The van der Waals surface area contributed by atoms with Crippen molar-refractivity contribution in [1.29, 1.82) is 0 Å². The number of carbonyl (C=O) groups is 1. The van der Waals surface area contributed by atoms with Gasteiger partial charge in [0, 0.05) is 31.4 Å². The van der Waals surface area contributed by atoms with Crippen LogP contribution < -0.4 is 11.1 Å². The normalized spacial score (nSPS) is 26.3. The largest absolute Gasteiger partial charge is 0.380 e. The van der Waals surface area contributed by atoms with Gasteiger partial charge in [-0.25, -0.2) is 0 Å². The molecular formula is C16H25Cl2N3O2. The van der Waals surface area contributed by atoms with Crippen LogP contribution in [0.15, 0.2) is 30.3 Å². The van der Waals surface area contributed by atoms with Crippen molar-refractivity contribution < 1.29 is 9.53 Å². The summed E-state index contributed by atoms with van der Waals surface area (Å²) in [6.07, 6.45) is 2.45. The molecule has 1 unspecified atom stereocenters. The SMILES string of the molecule is Cl.Cl.NC[C@H]1CC[C@@H](C(=O)N2CCC(Nc3ccccc3)C2)O1. The number of nitrogens with two attached hydrogens (primary N) is 1. The molecule has 2 aliphatic rings. The lowest BCUT2D eigenvalue weighted by molar-refractivity contribution is -0.141. The first-order chi connectivity index (χ1) is 10.3. The molecule has 1 aromatic carbocycles. The van der Waals surface area contributed by atoms with E-state index in [1.54, 1.807) is 0 Å². The van der Waals surface area contributed by atoms with E-state index in [2.05, 4.69) is 17.4 Å². The number of ether oxygens (including phenoxy) is 1. The standard InChI is InChI=1S/C16H23N3O2.2ClH/c17-10-14-6-7-15(21-14)16(20)19-9-8-13(11-19)18-12-4-2-1-3-5-12;;/h1-5,13-15,18H,6-11,17H2;2*1H/t13?,14-,15+;;/m1../s1. The van der Waals surface area contributed by atoms with Gasteiger partial charge in [0.15, 0.2) is 0 Å². The Labute approximate surface area is 149 Å². The summed E-state index contributed by atoms with van der Waals surface area (Å²) < 4.78 is 5.70. The van der Waals surface area contributed by atoms with E-state index in [1.807, 2.05) is 23.1 Å². The summed E-state index contributed by atoms with van der Waals surface area (Å²) in [5.74, 6) is 0.128. The number of nitrogens with one attached hydrogen (secondary N) is 1. The Bertz CT molecular complexity index is 489. The van der Waals surface area contributed by atoms with Gasteiger partial charge in [-0.1, -0.05) is 18.2 Å². The highest BCUT2D eigenvalue weighted by atomic mass is 35.5. The minimum Gasteiger partial charge on any atom is -0.380 e. The highest BCUT2D eigenvalue weighted by molar-refractivity contribution is 5.85. The first kappa shape index (κ1) is 20.0. The van der Waals surface area contributed by atoms with E-state index in [0.29, 0.717) is 12.6 Å². The smallest absolute Gasteiger partial charge is 0.251 e. The van der Waals surface area contributed by atoms with E-state index in [1.165, 1.54) is 0 Å². The number of likely N-dealkylation sites (tertiary alicyclic amines) is 1. The van der Waals surface area contributed by atoms with Crippen LogP contribution in [0.2, 0.25) is 0 Å². The quantitative estimate of drug-likeness (QED) is 0.860. The fourth-order valence-electron chi connectivity index (χ4n) is 3.11. The number of halogens is 2. The molecular weight excluding hydrogens is 337 g/mol. The zero-order valence-corrected chi connectivity index (χ0v) is 14.7. The van der Waals surface area contributed by atoms with Crippen molar-refractivity contribution in [2.45, 2.75) is 37.5 Å². The Morgan fingerprint density at radius 2 is 1.96 bits per heavy atom. The van der Waals surface area contributed by atoms with Crippen LogP contribution in [0.25, 0.3) is 0 Å². The molecule has 2 aliphatic heterocycles. The van der Waals surface area contributed by atoms with Gasteiger partial charge in [0.05, 0.1) is 6.10 Å². The lowest BCUT2D eigenvalue weighted by Crippen LogP contribution is -2.39. The maximum absolute atomic E-state index is 12.4. The van der Waals surface area contributed by atoms with E-state index in [0.717, 1.165) is 38.0 Å². The van der Waals surface area contributed by atoms with Crippen LogP contribution in [-0.4, -0.2) is 48.7 Å². The first-order valence-corrected chi connectivity index (χ1v) is 7.72. The van der Waals surface area contributed by atoms with Gasteiger partial charge in [-0.15, -0.1) is 24.8 Å². The van der Waals surface area contributed by atoms with Crippen molar-refractivity contribution in [3.05, 3.63) is 30.3 Å². The van der Waals surface area contributed by atoms with Crippen LogP contribution in [0.4, 0.5) is 5.69 Å². The molecule has 130 valence electrons. The number of rotatable bonds is 4. The summed E-state index contributed by atoms with van der Waals surface area (Å²) >= 11 is 0. The Balaban J connectivity index is 0.00000132. The molecule has 0 radical (unpaired) electrons. The average molecular weight is 362 g/mol. The number of amides is 1. The molecule has 2 fully saturated rings. The summed E-state index contributed by atoms with van der Waals surface area (Å²) in [7, 11) is 0. The van der Waals surface area contributed by atoms with E-state index in [-0.39, 0.29) is 42.9 Å². The van der Waals surface area contributed by atoms with Crippen molar-refractivity contribution in [3.8, 4) is 0 Å². The second kappa shape index (κ2) is 9.33. The number of nitrogens with zero attached hydrogens (tertiary/aromatic N) is 1. The summed E-state index contributed by atoms with van der Waals surface area (Å²) in [5, 5.41) is 3.48. The monoisotopic (exact) mass is 361 g/mol. The molecule has 1 amide bonds. The molecule has 2 saturated heterocycles. The maximum atomic E-state index is 12.4. The highest BCUT2D eigenvalue weighted by Gasteiger charge is 2.35. The minimum atomic E-state index is -0.283.